The molecule has 1 atom stereocenters. The van der Waals surface area contributed by atoms with Gasteiger partial charge in [-0.3, -0.25) is 9.68 Å². The Morgan fingerprint density at radius 1 is 1.43 bits per heavy atom. The molecule has 0 rings (SSSR count). The molecule has 0 aliphatic carbocycles. The first kappa shape index (κ1) is 13.8. The monoisotopic (exact) mass is 206 g/mol. The molecule has 0 fully saturated rings. The smallest absolute Gasteiger partial charge is 0.101 e. The lowest BCUT2D eigenvalue weighted by atomic mass is 10.0. The molecule has 0 aliphatic rings. The van der Waals surface area contributed by atoms with Gasteiger partial charge in [0.15, 0.2) is 0 Å². The van der Waals surface area contributed by atoms with Crippen molar-refractivity contribution in [2.45, 2.75) is 52.2 Å². The quantitative estimate of drug-likeness (QED) is 0.641. The highest BCUT2D eigenvalue weighted by atomic mass is 17.1. The molecule has 1 N–H and O–H groups in total. The zero-order valence-corrected chi connectivity index (χ0v) is 9.32. The van der Waals surface area contributed by atoms with Crippen LogP contribution in [0.3, 0.4) is 0 Å². The largest absolute Gasteiger partial charge is 0.738 e. The number of aliphatic hydroxyl groups is 1. The van der Waals surface area contributed by atoms with Crippen LogP contribution in [0.4, 0.5) is 0 Å². The number of hydrogen-bond donors (Lipinski definition) is 1. The van der Waals surface area contributed by atoms with Gasteiger partial charge in [-0.05, 0) is 26.7 Å². The minimum absolute atomic E-state index is 0.0912. The molecule has 0 aromatic heterocycles. The third kappa shape index (κ3) is 4.88. The second kappa shape index (κ2) is 6.31. The van der Waals surface area contributed by atoms with Gasteiger partial charge < -0.3 is 10.3 Å². The highest BCUT2D eigenvalue weighted by Gasteiger charge is 2.22. The van der Waals surface area contributed by atoms with Gasteiger partial charge in [-0.1, -0.05) is 13.8 Å². The number of aliphatic hydroxyl groups excluding tert-OH is 1. The van der Waals surface area contributed by atoms with E-state index in [1.807, 2.05) is 20.8 Å². The maximum atomic E-state index is 11.1. The Bertz CT molecular complexity index is 150. The molecule has 0 saturated heterocycles. The molecule has 5 heteroatoms. The van der Waals surface area contributed by atoms with Gasteiger partial charge in [0.05, 0.1) is 12.2 Å². The molecule has 5 nitrogen and oxygen atoms in total. The molecule has 0 aromatic carbocycles. The van der Waals surface area contributed by atoms with Crippen LogP contribution >= 0.6 is 0 Å². The van der Waals surface area contributed by atoms with Crippen LogP contribution in [0.1, 0.15) is 40.5 Å². The van der Waals surface area contributed by atoms with E-state index in [2.05, 4.69) is 0 Å². The summed E-state index contributed by atoms with van der Waals surface area (Å²) in [7, 11) is 0. The van der Waals surface area contributed by atoms with Crippen molar-refractivity contribution < 1.29 is 14.8 Å². The lowest BCUT2D eigenvalue weighted by molar-refractivity contribution is -0.394. The fraction of sp³-hybridized carbons (Fsp3) is 1.00. The van der Waals surface area contributed by atoms with Crippen LogP contribution in [-0.2, 0) is 9.68 Å². The highest BCUT2D eigenvalue weighted by molar-refractivity contribution is 4.69. The van der Waals surface area contributed by atoms with Gasteiger partial charge in [0.2, 0.25) is 0 Å². The summed E-state index contributed by atoms with van der Waals surface area (Å²) in [6, 6.07) is 0. The Morgan fingerprint density at radius 3 is 2.29 bits per heavy atom. The first-order chi connectivity index (χ1) is 6.47. The van der Waals surface area contributed by atoms with Crippen LogP contribution < -0.4 is 0 Å². The first-order valence-electron chi connectivity index (χ1n) is 4.91. The molecular weight excluding hydrogens is 186 g/mol. The average molecular weight is 206 g/mol. The van der Waals surface area contributed by atoms with Gasteiger partial charge in [-0.25, -0.2) is 0 Å². The number of nitrogens with zero attached hydrogens (tertiary/aromatic N) is 1. The molecule has 0 spiro atoms. The Labute approximate surface area is 85.1 Å². The summed E-state index contributed by atoms with van der Waals surface area (Å²) in [6.45, 7) is 7.09. The Morgan fingerprint density at radius 2 is 1.93 bits per heavy atom. The maximum Gasteiger partial charge on any atom is 0.101 e. The molecule has 0 saturated carbocycles. The van der Waals surface area contributed by atoms with Crippen molar-refractivity contribution in [1.29, 1.82) is 0 Å². The van der Waals surface area contributed by atoms with E-state index < -0.39 is 11.7 Å². The molecule has 0 radical (unpaired) electrons. The normalized spacial score (nSPS) is 14.8. The average Bonchev–Trinajstić information content (AvgIpc) is 2.17. The summed E-state index contributed by atoms with van der Waals surface area (Å²) in [4.78, 5) is 9.76. The van der Waals surface area contributed by atoms with Crippen LogP contribution in [0.5, 0.6) is 0 Å². The van der Waals surface area contributed by atoms with Crippen molar-refractivity contribution in [3.05, 3.63) is 5.21 Å². The fourth-order valence-electron chi connectivity index (χ4n) is 0.761. The van der Waals surface area contributed by atoms with Gasteiger partial charge >= 0.3 is 0 Å². The minimum Gasteiger partial charge on any atom is -0.738 e. The Hall–Kier alpha value is -0.200. The van der Waals surface area contributed by atoms with Crippen molar-refractivity contribution in [3.63, 3.8) is 0 Å². The molecule has 0 aromatic rings. The van der Waals surface area contributed by atoms with E-state index >= 15 is 0 Å². The molecule has 0 unspecified atom stereocenters. The van der Waals surface area contributed by atoms with Crippen molar-refractivity contribution in [2.75, 3.05) is 6.61 Å². The number of hydrogen-bond acceptors (Lipinski definition) is 5. The number of rotatable bonds is 7. The topological polar surface area (TPSA) is 65.0 Å². The second-order valence-electron chi connectivity index (χ2n) is 3.57. The summed E-state index contributed by atoms with van der Waals surface area (Å²) in [5.74, 6) is 0. The minimum atomic E-state index is -0.550. The van der Waals surface area contributed by atoms with E-state index in [4.69, 9.17) is 14.8 Å². The zero-order chi connectivity index (χ0) is 11.2. The molecule has 0 bridgehead atoms. The molecule has 0 heterocycles. The van der Waals surface area contributed by atoms with Crippen LogP contribution in [-0.4, -0.2) is 28.8 Å². The van der Waals surface area contributed by atoms with E-state index in [-0.39, 0.29) is 12.0 Å². The van der Waals surface area contributed by atoms with E-state index in [0.29, 0.717) is 0 Å². The van der Waals surface area contributed by atoms with Gasteiger partial charge in [-0.15, -0.1) is 5.39 Å². The van der Waals surface area contributed by atoms with Gasteiger partial charge in [-0.2, -0.15) is 0 Å². The SMILES string of the molecule is CCC(C)(CC)ON([O-])O[C@@H](C)CO. The van der Waals surface area contributed by atoms with Crippen molar-refractivity contribution in [3.8, 4) is 0 Å². The molecule has 14 heavy (non-hydrogen) atoms. The standard InChI is InChI=1S/C9H20NO4/c1-5-9(4,6-2)14-10(12)13-8(3)7-11/h8,11H,5-7H2,1-4H3/q-1/t8-/m0/s1. The van der Waals surface area contributed by atoms with Gasteiger partial charge in [0.1, 0.15) is 6.10 Å². The van der Waals surface area contributed by atoms with Crippen molar-refractivity contribution >= 4 is 0 Å². The molecular formula is C9H20NO4-. The summed E-state index contributed by atoms with van der Waals surface area (Å²) in [5.41, 5.74) is -0.503. The van der Waals surface area contributed by atoms with E-state index in [1.165, 1.54) is 0 Å². The predicted molar refractivity (Wildman–Crippen MR) is 52.9 cm³/mol. The van der Waals surface area contributed by atoms with E-state index in [9.17, 15) is 5.21 Å². The fourth-order valence-corrected chi connectivity index (χ4v) is 0.761. The first-order valence-corrected chi connectivity index (χ1v) is 4.91. The summed E-state index contributed by atoms with van der Waals surface area (Å²) >= 11 is 0. The van der Waals surface area contributed by atoms with Gasteiger partial charge in [0, 0.05) is 0 Å². The predicted octanol–water partition coefficient (Wildman–Crippen LogP) is 1.61. The summed E-state index contributed by atoms with van der Waals surface area (Å²) in [6.07, 6.45) is 0.892. The second-order valence-corrected chi connectivity index (χ2v) is 3.57. The van der Waals surface area contributed by atoms with Crippen LogP contribution in [0.15, 0.2) is 0 Å². The third-order valence-electron chi connectivity index (χ3n) is 2.31. The Kier molecular flexibility index (Phi) is 6.22. The van der Waals surface area contributed by atoms with Crippen LogP contribution in [0.25, 0.3) is 0 Å². The lowest BCUT2D eigenvalue weighted by Gasteiger charge is -2.37. The molecule has 86 valence electrons. The van der Waals surface area contributed by atoms with Gasteiger partial charge in [0.25, 0.3) is 0 Å². The van der Waals surface area contributed by atoms with E-state index in [0.717, 1.165) is 12.8 Å². The van der Waals surface area contributed by atoms with Crippen molar-refractivity contribution in [2.24, 2.45) is 0 Å². The zero-order valence-electron chi connectivity index (χ0n) is 9.32. The summed E-state index contributed by atoms with van der Waals surface area (Å²) < 4.78 is 0. The lowest BCUT2D eigenvalue weighted by Crippen LogP contribution is -2.36. The Balaban J connectivity index is 3.96. The molecule has 0 aliphatic heterocycles. The van der Waals surface area contributed by atoms with Crippen LogP contribution in [0, 0.1) is 5.21 Å². The van der Waals surface area contributed by atoms with Crippen molar-refractivity contribution in [1.82, 2.24) is 5.39 Å². The summed E-state index contributed by atoms with van der Waals surface area (Å²) in [5, 5.41) is 19.8. The maximum absolute atomic E-state index is 11.1. The third-order valence-corrected chi connectivity index (χ3v) is 2.31. The highest BCUT2D eigenvalue weighted by Crippen LogP contribution is 2.20. The molecule has 0 amide bonds. The van der Waals surface area contributed by atoms with Crippen LogP contribution in [0.2, 0.25) is 0 Å². The van der Waals surface area contributed by atoms with E-state index in [1.54, 1.807) is 6.92 Å².